The number of ether oxygens (including phenoxy) is 1. The molecular weight excluding hydrogens is 400 g/mol. The number of aromatic nitrogens is 4. The Balaban J connectivity index is 1.67. The van der Waals surface area contributed by atoms with E-state index in [0.29, 0.717) is 28.4 Å². The minimum Gasteiger partial charge on any atom is -0.494 e. The molecule has 3 rings (SSSR count). The molecular formula is C18H19ClN6O2S. The zero-order chi connectivity index (χ0) is 20.1. The number of hydrogen-bond acceptors (Lipinski definition) is 7. The second-order valence-corrected chi connectivity index (χ2v) is 7.49. The lowest BCUT2D eigenvalue weighted by molar-refractivity contribution is -0.115. The number of nitrogens with two attached hydrogens (primary N) is 1. The molecule has 1 atom stereocenters. The van der Waals surface area contributed by atoms with E-state index in [-0.39, 0.29) is 5.91 Å². The summed E-state index contributed by atoms with van der Waals surface area (Å²) in [6.45, 7) is 4.27. The predicted molar refractivity (Wildman–Crippen MR) is 110 cm³/mol. The van der Waals surface area contributed by atoms with Crippen LogP contribution in [0.1, 0.15) is 13.8 Å². The molecule has 0 saturated carbocycles. The summed E-state index contributed by atoms with van der Waals surface area (Å²) in [6, 6.07) is 10.7. The summed E-state index contributed by atoms with van der Waals surface area (Å²) >= 11 is 7.00. The Morgan fingerprint density at radius 3 is 2.68 bits per heavy atom. The number of halogens is 1. The molecule has 28 heavy (non-hydrogen) atoms. The van der Waals surface area contributed by atoms with E-state index >= 15 is 0 Å². The Kier molecular flexibility index (Phi) is 6.37. The van der Waals surface area contributed by atoms with Crippen molar-refractivity contribution in [3.8, 4) is 17.1 Å². The number of nitrogens with one attached hydrogen (secondary N) is 1. The van der Waals surface area contributed by atoms with E-state index in [1.807, 2.05) is 31.2 Å². The minimum absolute atomic E-state index is 0.231. The molecule has 0 fully saturated rings. The van der Waals surface area contributed by atoms with Crippen LogP contribution >= 0.6 is 23.4 Å². The molecule has 0 spiro atoms. The zero-order valence-electron chi connectivity index (χ0n) is 15.3. The number of nitrogen functional groups attached to an aromatic ring is 1. The Morgan fingerprint density at radius 2 is 2.04 bits per heavy atom. The van der Waals surface area contributed by atoms with Gasteiger partial charge < -0.3 is 15.9 Å². The van der Waals surface area contributed by atoms with Gasteiger partial charge in [-0.25, -0.2) is 9.66 Å². The first-order valence-corrected chi connectivity index (χ1v) is 9.76. The van der Waals surface area contributed by atoms with Gasteiger partial charge in [-0.1, -0.05) is 23.4 Å². The van der Waals surface area contributed by atoms with E-state index in [0.717, 1.165) is 11.3 Å². The van der Waals surface area contributed by atoms with E-state index in [1.54, 1.807) is 19.1 Å². The van der Waals surface area contributed by atoms with Crippen molar-refractivity contribution in [2.24, 2.45) is 0 Å². The van der Waals surface area contributed by atoms with Crippen LogP contribution in [0.5, 0.6) is 5.75 Å². The first-order valence-electron chi connectivity index (χ1n) is 8.50. The summed E-state index contributed by atoms with van der Waals surface area (Å²) in [4.78, 5) is 16.4. The SMILES string of the molecule is CCOc1ccc(-c2nnc(SC(C)C(=O)Nc3ccc(Cl)cn3)n2N)cc1. The Morgan fingerprint density at radius 1 is 1.29 bits per heavy atom. The molecule has 0 radical (unpaired) electrons. The fourth-order valence-electron chi connectivity index (χ4n) is 2.31. The van der Waals surface area contributed by atoms with Crippen molar-refractivity contribution in [3.05, 3.63) is 47.6 Å². The molecule has 0 aliphatic heterocycles. The average molecular weight is 419 g/mol. The summed E-state index contributed by atoms with van der Waals surface area (Å²) < 4.78 is 6.80. The average Bonchev–Trinajstić information content (AvgIpc) is 3.05. The third kappa shape index (κ3) is 4.73. The lowest BCUT2D eigenvalue weighted by Crippen LogP contribution is -2.24. The third-order valence-electron chi connectivity index (χ3n) is 3.72. The van der Waals surface area contributed by atoms with Crippen molar-refractivity contribution in [2.75, 3.05) is 17.8 Å². The van der Waals surface area contributed by atoms with Gasteiger partial charge in [0.25, 0.3) is 0 Å². The summed E-state index contributed by atoms with van der Waals surface area (Å²) in [5.41, 5.74) is 0.799. The van der Waals surface area contributed by atoms with Gasteiger partial charge in [0, 0.05) is 11.8 Å². The number of rotatable bonds is 7. The molecule has 3 N–H and O–H groups in total. The molecule has 1 unspecified atom stereocenters. The predicted octanol–water partition coefficient (Wildman–Crippen LogP) is 3.23. The summed E-state index contributed by atoms with van der Waals surface area (Å²) in [5.74, 6) is 7.59. The van der Waals surface area contributed by atoms with Crippen LogP contribution in [0.2, 0.25) is 5.02 Å². The second kappa shape index (κ2) is 8.94. The van der Waals surface area contributed by atoms with Crippen molar-refractivity contribution in [1.29, 1.82) is 0 Å². The van der Waals surface area contributed by atoms with E-state index < -0.39 is 5.25 Å². The topological polar surface area (TPSA) is 108 Å². The minimum atomic E-state index is -0.461. The van der Waals surface area contributed by atoms with Gasteiger partial charge in [0.15, 0.2) is 5.82 Å². The monoisotopic (exact) mass is 418 g/mol. The van der Waals surface area contributed by atoms with Crippen LogP contribution in [0.4, 0.5) is 5.82 Å². The van der Waals surface area contributed by atoms with E-state index in [2.05, 4.69) is 20.5 Å². The maximum Gasteiger partial charge on any atom is 0.238 e. The van der Waals surface area contributed by atoms with Gasteiger partial charge in [-0.2, -0.15) is 0 Å². The number of anilines is 1. The molecule has 0 aliphatic rings. The Hall–Kier alpha value is -2.78. The zero-order valence-corrected chi connectivity index (χ0v) is 16.9. The highest BCUT2D eigenvalue weighted by Gasteiger charge is 2.20. The fourth-order valence-corrected chi connectivity index (χ4v) is 3.19. The first kappa shape index (κ1) is 20.0. The standard InChI is InChI=1S/C18H19ClN6O2S/c1-3-27-14-7-4-12(5-8-14)16-23-24-18(25(16)20)28-11(2)17(26)22-15-9-6-13(19)10-21-15/h4-11H,3,20H2,1-2H3,(H,21,22,26). The quantitative estimate of drug-likeness (QED) is 0.448. The highest BCUT2D eigenvalue weighted by Crippen LogP contribution is 2.26. The molecule has 10 heteroatoms. The van der Waals surface area contributed by atoms with Gasteiger partial charge in [-0.3, -0.25) is 4.79 Å². The van der Waals surface area contributed by atoms with E-state index in [9.17, 15) is 4.79 Å². The second-order valence-electron chi connectivity index (χ2n) is 5.74. The molecule has 8 nitrogen and oxygen atoms in total. The number of carbonyl (C=O) groups is 1. The van der Waals surface area contributed by atoms with Crippen LogP contribution in [-0.2, 0) is 4.79 Å². The maximum absolute atomic E-state index is 12.4. The van der Waals surface area contributed by atoms with E-state index in [4.69, 9.17) is 22.2 Å². The highest BCUT2D eigenvalue weighted by atomic mass is 35.5. The number of benzene rings is 1. The molecule has 3 aromatic rings. The van der Waals surface area contributed by atoms with Gasteiger partial charge in [-0.15, -0.1) is 10.2 Å². The van der Waals surface area contributed by atoms with Crippen molar-refractivity contribution in [1.82, 2.24) is 19.9 Å². The largest absolute Gasteiger partial charge is 0.494 e. The molecule has 2 heterocycles. The van der Waals surface area contributed by atoms with Crippen LogP contribution in [0.25, 0.3) is 11.4 Å². The van der Waals surface area contributed by atoms with Crippen LogP contribution in [0.15, 0.2) is 47.8 Å². The van der Waals surface area contributed by atoms with Gasteiger partial charge in [-0.05, 0) is 50.2 Å². The third-order valence-corrected chi connectivity index (χ3v) is 5.00. The van der Waals surface area contributed by atoms with Crippen molar-refractivity contribution < 1.29 is 9.53 Å². The lowest BCUT2D eigenvalue weighted by atomic mass is 10.2. The van der Waals surface area contributed by atoms with Crippen molar-refractivity contribution in [3.63, 3.8) is 0 Å². The number of hydrogen-bond donors (Lipinski definition) is 2. The van der Waals surface area contributed by atoms with Crippen LogP contribution in [0, 0.1) is 0 Å². The number of amides is 1. The first-order chi connectivity index (χ1) is 13.5. The van der Waals surface area contributed by atoms with Crippen LogP contribution in [0.3, 0.4) is 0 Å². The summed E-state index contributed by atoms with van der Waals surface area (Å²) in [7, 11) is 0. The molecule has 0 bridgehead atoms. The van der Waals surface area contributed by atoms with Gasteiger partial charge in [0.05, 0.1) is 16.9 Å². The number of nitrogens with zero attached hydrogens (tertiary/aromatic N) is 4. The maximum atomic E-state index is 12.4. The van der Waals surface area contributed by atoms with Crippen LogP contribution in [-0.4, -0.2) is 37.6 Å². The molecule has 146 valence electrons. The number of carbonyl (C=O) groups excluding carboxylic acids is 1. The lowest BCUT2D eigenvalue weighted by Gasteiger charge is -2.11. The molecule has 2 aromatic heterocycles. The smallest absolute Gasteiger partial charge is 0.238 e. The number of thioether (sulfide) groups is 1. The van der Waals surface area contributed by atoms with Gasteiger partial charge >= 0.3 is 0 Å². The van der Waals surface area contributed by atoms with Gasteiger partial charge in [0.1, 0.15) is 11.6 Å². The summed E-state index contributed by atoms with van der Waals surface area (Å²) in [5, 5.41) is 11.4. The normalized spacial score (nSPS) is 11.8. The van der Waals surface area contributed by atoms with Crippen LogP contribution < -0.4 is 15.9 Å². The Labute approximate surface area is 171 Å². The molecule has 1 aromatic carbocycles. The molecule has 0 saturated heterocycles. The van der Waals surface area contributed by atoms with Crippen molar-refractivity contribution >= 4 is 35.1 Å². The molecule has 0 aliphatic carbocycles. The van der Waals surface area contributed by atoms with E-state index in [1.165, 1.54) is 22.6 Å². The molecule has 1 amide bonds. The van der Waals surface area contributed by atoms with Gasteiger partial charge in [0.2, 0.25) is 11.1 Å². The highest BCUT2D eigenvalue weighted by molar-refractivity contribution is 8.00. The number of pyridine rings is 1. The summed E-state index contributed by atoms with van der Waals surface area (Å²) in [6.07, 6.45) is 1.47. The Bertz CT molecular complexity index is 946. The van der Waals surface area contributed by atoms with Crippen molar-refractivity contribution in [2.45, 2.75) is 24.3 Å². The fraction of sp³-hybridized carbons (Fsp3) is 0.222.